The molecule has 2 aromatic heterocycles. The van der Waals surface area contributed by atoms with Gasteiger partial charge in [-0.15, -0.1) is 11.3 Å². The largest absolute Gasteiger partial charge is 0.310 e. The molecule has 5 heteroatoms. The highest BCUT2D eigenvalue weighted by atomic mass is 32.1. The van der Waals surface area contributed by atoms with Crippen LogP contribution in [0.25, 0.3) is 10.6 Å². The first-order valence-corrected chi connectivity index (χ1v) is 8.36. The highest BCUT2D eigenvalue weighted by molar-refractivity contribution is 7.15. The van der Waals surface area contributed by atoms with Crippen molar-refractivity contribution in [2.45, 2.75) is 19.9 Å². The molecule has 1 aromatic carbocycles. The summed E-state index contributed by atoms with van der Waals surface area (Å²) in [7, 11) is 0. The van der Waals surface area contributed by atoms with E-state index in [9.17, 15) is 4.39 Å². The van der Waals surface area contributed by atoms with Crippen LogP contribution in [0, 0.1) is 12.7 Å². The van der Waals surface area contributed by atoms with Crippen molar-refractivity contribution in [3.8, 4) is 10.6 Å². The molecule has 1 N–H and O–H groups in total. The Morgan fingerprint density at radius 1 is 1.13 bits per heavy atom. The molecule has 0 saturated carbocycles. The van der Waals surface area contributed by atoms with Gasteiger partial charge in [-0.25, -0.2) is 9.37 Å². The first kappa shape index (κ1) is 15.8. The van der Waals surface area contributed by atoms with Crippen molar-refractivity contribution in [2.75, 3.05) is 6.54 Å². The molecule has 0 atom stereocenters. The Bertz CT molecular complexity index is 768. The minimum atomic E-state index is -0.193. The Balaban J connectivity index is 1.50. The molecular formula is C18H18FN3S. The highest BCUT2D eigenvalue weighted by Gasteiger charge is 2.05. The van der Waals surface area contributed by atoms with Gasteiger partial charge in [-0.05, 0) is 49.7 Å². The smallest absolute Gasteiger partial charge is 0.123 e. The third-order valence-corrected chi connectivity index (χ3v) is 4.49. The van der Waals surface area contributed by atoms with E-state index < -0.39 is 0 Å². The Labute approximate surface area is 139 Å². The van der Waals surface area contributed by atoms with Crippen LogP contribution in [0.3, 0.4) is 0 Å². The highest BCUT2D eigenvalue weighted by Crippen LogP contribution is 2.24. The predicted molar refractivity (Wildman–Crippen MR) is 91.9 cm³/mol. The van der Waals surface area contributed by atoms with E-state index >= 15 is 0 Å². The number of hydrogen-bond acceptors (Lipinski definition) is 4. The van der Waals surface area contributed by atoms with E-state index in [1.165, 1.54) is 12.1 Å². The van der Waals surface area contributed by atoms with Gasteiger partial charge in [0.1, 0.15) is 10.8 Å². The molecule has 0 bridgehead atoms. The average molecular weight is 327 g/mol. The van der Waals surface area contributed by atoms with Crippen LogP contribution in [0.4, 0.5) is 4.39 Å². The van der Waals surface area contributed by atoms with E-state index in [0.29, 0.717) is 0 Å². The van der Waals surface area contributed by atoms with E-state index in [2.05, 4.69) is 15.3 Å². The van der Waals surface area contributed by atoms with Gasteiger partial charge in [0.2, 0.25) is 0 Å². The van der Waals surface area contributed by atoms with Gasteiger partial charge in [0.15, 0.2) is 0 Å². The summed E-state index contributed by atoms with van der Waals surface area (Å²) in [5, 5.41) is 4.42. The number of pyridine rings is 1. The van der Waals surface area contributed by atoms with E-state index in [1.807, 2.05) is 43.5 Å². The van der Waals surface area contributed by atoms with Crippen molar-refractivity contribution in [2.24, 2.45) is 0 Å². The van der Waals surface area contributed by atoms with Gasteiger partial charge in [-0.1, -0.05) is 18.2 Å². The van der Waals surface area contributed by atoms with Gasteiger partial charge in [0.05, 0.1) is 10.6 Å². The third-order valence-electron chi connectivity index (χ3n) is 3.47. The molecule has 0 amide bonds. The van der Waals surface area contributed by atoms with E-state index in [0.717, 1.165) is 46.3 Å². The minimum Gasteiger partial charge on any atom is -0.310 e. The van der Waals surface area contributed by atoms with Crippen molar-refractivity contribution in [3.63, 3.8) is 0 Å². The Morgan fingerprint density at radius 2 is 1.96 bits per heavy atom. The van der Waals surface area contributed by atoms with Crippen molar-refractivity contribution in [1.29, 1.82) is 0 Å². The molecule has 0 unspecified atom stereocenters. The summed E-state index contributed by atoms with van der Waals surface area (Å²) in [5.74, 6) is -0.193. The minimum absolute atomic E-state index is 0.193. The van der Waals surface area contributed by atoms with Crippen LogP contribution < -0.4 is 5.32 Å². The number of hydrogen-bond donors (Lipinski definition) is 1. The quantitative estimate of drug-likeness (QED) is 0.696. The number of rotatable bonds is 6. The zero-order valence-corrected chi connectivity index (χ0v) is 13.7. The summed E-state index contributed by atoms with van der Waals surface area (Å²) >= 11 is 1.66. The van der Waals surface area contributed by atoms with E-state index in [1.54, 1.807) is 11.3 Å². The fraction of sp³-hybridized carbons (Fsp3) is 0.222. The molecule has 0 aliphatic heterocycles. The Kier molecular flexibility index (Phi) is 5.10. The number of benzene rings is 1. The molecule has 0 spiro atoms. The van der Waals surface area contributed by atoms with Gasteiger partial charge in [0.25, 0.3) is 0 Å². The van der Waals surface area contributed by atoms with Crippen molar-refractivity contribution < 1.29 is 4.39 Å². The van der Waals surface area contributed by atoms with Crippen LogP contribution in [0.1, 0.15) is 16.3 Å². The van der Waals surface area contributed by atoms with E-state index in [4.69, 9.17) is 0 Å². The van der Waals surface area contributed by atoms with Crippen molar-refractivity contribution in [1.82, 2.24) is 15.3 Å². The summed E-state index contributed by atoms with van der Waals surface area (Å²) < 4.78 is 12.8. The first-order chi connectivity index (χ1) is 11.2. The van der Waals surface area contributed by atoms with Crippen molar-refractivity contribution >= 4 is 11.3 Å². The molecule has 118 valence electrons. The molecule has 3 rings (SSSR count). The Morgan fingerprint density at radius 3 is 2.74 bits per heavy atom. The van der Waals surface area contributed by atoms with Crippen LogP contribution in [0.15, 0.2) is 48.7 Å². The third kappa shape index (κ3) is 4.43. The molecular weight excluding hydrogens is 309 g/mol. The maximum absolute atomic E-state index is 12.8. The van der Waals surface area contributed by atoms with Gasteiger partial charge >= 0.3 is 0 Å². The molecule has 3 aromatic rings. The second kappa shape index (κ2) is 7.44. The van der Waals surface area contributed by atoms with Gasteiger partial charge < -0.3 is 5.32 Å². The number of nitrogens with one attached hydrogen (secondary N) is 1. The number of thiazole rings is 1. The topological polar surface area (TPSA) is 37.8 Å². The fourth-order valence-corrected chi connectivity index (χ4v) is 3.13. The SMILES string of the molecule is Cc1cccc(-c2cnc(CNCCc3ccc(F)cc3)s2)n1. The lowest BCUT2D eigenvalue weighted by atomic mass is 10.1. The van der Waals surface area contributed by atoms with Crippen molar-refractivity contribution in [3.05, 3.63) is 70.7 Å². The Hall–Kier alpha value is -2.11. The maximum atomic E-state index is 12.8. The zero-order valence-electron chi connectivity index (χ0n) is 12.9. The number of aryl methyl sites for hydroxylation is 1. The maximum Gasteiger partial charge on any atom is 0.123 e. The zero-order chi connectivity index (χ0) is 16.1. The van der Waals surface area contributed by atoms with E-state index in [-0.39, 0.29) is 5.82 Å². The second-order valence-corrected chi connectivity index (χ2v) is 6.45. The predicted octanol–water partition coefficient (Wildman–Crippen LogP) is 3.98. The summed E-state index contributed by atoms with van der Waals surface area (Å²) in [6.07, 6.45) is 2.75. The normalized spacial score (nSPS) is 10.9. The molecule has 2 heterocycles. The first-order valence-electron chi connectivity index (χ1n) is 7.54. The number of nitrogens with zero attached hydrogens (tertiary/aromatic N) is 2. The summed E-state index contributed by atoms with van der Waals surface area (Å²) in [6.45, 7) is 3.56. The summed E-state index contributed by atoms with van der Waals surface area (Å²) in [4.78, 5) is 10.1. The monoisotopic (exact) mass is 327 g/mol. The van der Waals surface area contributed by atoms with Crippen LogP contribution >= 0.6 is 11.3 Å². The number of aromatic nitrogens is 2. The van der Waals surface area contributed by atoms with Gasteiger partial charge in [-0.3, -0.25) is 4.98 Å². The number of halogens is 1. The summed E-state index contributed by atoms with van der Waals surface area (Å²) in [5.41, 5.74) is 3.11. The van der Waals surface area contributed by atoms with Crippen LogP contribution in [-0.2, 0) is 13.0 Å². The van der Waals surface area contributed by atoms with Crippen LogP contribution in [-0.4, -0.2) is 16.5 Å². The fourth-order valence-electron chi connectivity index (χ4n) is 2.27. The van der Waals surface area contributed by atoms with Gasteiger partial charge in [-0.2, -0.15) is 0 Å². The van der Waals surface area contributed by atoms with Gasteiger partial charge in [0, 0.05) is 18.4 Å². The molecule has 23 heavy (non-hydrogen) atoms. The second-order valence-electron chi connectivity index (χ2n) is 5.34. The molecule has 0 fully saturated rings. The molecule has 0 aliphatic carbocycles. The molecule has 0 saturated heterocycles. The molecule has 3 nitrogen and oxygen atoms in total. The van der Waals surface area contributed by atoms with Crippen LogP contribution in [0.5, 0.6) is 0 Å². The lowest BCUT2D eigenvalue weighted by Crippen LogP contribution is -2.16. The summed E-state index contributed by atoms with van der Waals surface area (Å²) in [6, 6.07) is 12.6. The molecule has 0 aliphatic rings. The average Bonchev–Trinajstić information content (AvgIpc) is 3.02. The lowest BCUT2D eigenvalue weighted by molar-refractivity contribution is 0.626. The molecule has 0 radical (unpaired) electrons. The van der Waals surface area contributed by atoms with Crippen LogP contribution in [0.2, 0.25) is 0 Å². The lowest BCUT2D eigenvalue weighted by Gasteiger charge is -2.03. The standard InChI is InChI=1S/C18H18FN3S/c1-13-3-2-4-16(22-13)17-11-21-18(23-17)12-20-10-9-14-5-7-15(19)8-6-14/h2-8,11,20H,9-10,12H2,1H3.